The molecule has 2 aromatic rings. The van der Waals surface area contributed by atoms with Crippen LogP contribution in [0.1, 0.15) is 22.3 Å². The summed E-state index contributed by atoms with van der Waals surface area (Å²) in [5.41, 5.74) is 9.90. The van der Waals surface area contributed by atoms with Crippen LogP contribution < -0.4 is 15.9 Å². The molecule has 1 atom stereocenters. The van der Waals surface area contributed by atoms with Crippen molar-refractivity contribution in [3.63, 3.8) is 0 Å². The molecule has 3 rings (SSSR count). The Bertz CT molecular complexity index is 789. The van der Waals surface area contributed by atoms with Crippen molar-refractivity contribution in [3.8, 4) is 5.75 Å². The monoisotopic (exact) mass is 306 g/mol. The highest BCUT2D eigenvalue weighted by Crippen LogP contribution is 2.38. The van der Waals surface area contributed by atoms with E-state index in [4.69, 9.17) is 23.1 Å². The molecular weight excluding hydrogens is 287 g/mol. The molecule has 1 heterocycles. The third-order valence-corrected chi connectivity index (χ3v) is 4.36. The van der Waals surface area contributed by atoms with Gasteiger partial charge in [0.15, 0.2) is 0 Å². The molecule has 2 aromatic carbocycles. The lowest BCUT2D eigenvalue weighted by molar-refractivity contribution is 0.278. The molecule has 1 aliphatic heterocycles. The second-order valence-corrected chi connectivity index (χ2v) is 5.85. The Kier molecular flexibility index (Phi) is 3.80. The van der Waals surface area contributed by atoms with Gasteiger partial charge < -0.3 is 15.2 Å². The first-order valence-electron chi connectivity index (χ1n) is 7.46. The molecule has 0 saturated heterocycles. The molecule has 0 spiro atoms. The number of hydrogen-bond acceptors (Lipinski definition) is 4. The molecule has 0 aromatic heterocycles. The van der Waals surface area contributed by atoms with Crippen LogP contribution in [-0.4, -0.2) is 27.6 Å². The van der Waals surface area contributed by atoms with Crippen molar-refractivity contribution >= 4 is 19.3 Å². The number of amidine groups is 1. The Labute approximate surface area is 137 Å². The Hall–Kier alpha value is -2.43. The van der Waals surface area contributed by atoms with Crippen LogP contribution in [0, 0.1) is 13.8 Å². The Morgan fingerprint density at radius 3 is 2.39 bits per heavy atom. The normalized spacial score (nSPS) is 20.0. The molecule has 5 heteroatoms. The van der Waals surface area contributed by atoms with Crippen molar-refractivity contribution in [3.05, 3.63) is 58.7 Å². The summed E-state index contributed by atoms with van der Waals surface area (Å²) in [7, 11) is 7.75. The average Bonchev–Trinajstić information content (AvgIpc) is 2.93. The van der Waals surface area contributed by atoms with Gasteiger partial charge in [-0.05, 0) is 42.7 Å². The van der Waals surface area contributed by atoms with E-state index < -0.39 is 5.54 Å². The fraction of sp³-hybridized carbons (Fsp3) is 0.278. The van der Waals surface area contributed by atoms with Crippen LogP contribution in [0.15, 0.2) is 41.4 Å². The molecule has 1 unspecified atom stereocenters. The van der Waals surface area contributed by atoms with Crippen LogP contribution in [0.4, 0.5) is 0 Å². The zero-order valence-corrected chi connectivity index (χ0v) is 13.6. The predicted molar refractivity (Wildman–Crippen MR) is 92.7 cm³/mol. The van der Waals surface area contributed by atoms with Gasteiger partial charge in [-0.15, -0.1) is 0 Å². The second kappa shape index (κ2) is 5.65. The molecule has 0 saturated carbocycles. The van der Waals surface area contributed by atoms with Crippen molar-refractivity contribution < 1.29 is 9.47 Å². The van der Waals surface area contributed by atoms with Crippen molar-refractivity contribution in [2.45, 2.75) is 19.4 Å². The number of methoxy groups -OCH3 is 1. The summed E-state index contributed by atoms with van der Waals surface area (Å²) in [5, 5.41) is 0. The lowest BCUT2D eigenvalue weighted by Crippen LogP contribution is -2.29. The first-order valence-corrected chi connectivity index (χ1v) is 7.46. The zero-order valence-electron chi connectivity index (χ0n) is 13.6. The SMILES string of the molecule is [B]c1cc(C2(c3ccc(OC)c(C)c3)COC(N)=N2)ccc1C. The Morgan fingerprint density at radius 2 is 1.83 bits per heavy atom. The van der Waals surface area contributed by atoms with E-state index in [1.165, 1.54) is 0 Å². The van der Waals surface area contributed by atoms with Crippen LogP contribution in [0.25, 0.3) is 0 Å². The first kappa shape index (κ1) is 15.5. The van der Waals surface area contributed by atoms with E-state index in [0.717, 1.165) is 33.5 Å². The van der Waals surface area contributed by atoms with E-state index in [2.05, 4.69) is 11.1 Å². The Morgan fingerprint density at radius 1 is 1.13 bits per heavy atom. The van der Waals surface area contributed by atoms with Gasteiger partial charge in [0.05, 0.1) is 7.11 Å². The number of rotatable bonds is 3. The summed E-state index contributed by atoms with van der Waals surface area (Å²) in [6.07, 6.45) is 0. The molecule has 4 nitrogen and oxygen atoms in total. The minimum atomic E-state index is -0.678. The van der Waals surface area contributed by atoms with Crippen LogP contribution in [0.5, 0.6) is 5.75 Å². The van der Waals surface area contributed by atoms with E-state index in [1.54, 1.807) is 7.11 Å². The highest BCUT2D eigenvalue weighted by molar-refractivity contribution is 6.33. The van der Waals surface area contributed by atoms with E-state index in [1.807, 2.05) is 44.2 Å². The van der Waals surface area contributed by atoms with Crippen molar-refractivity contribution in [2.75, 3.05) is 13.7 Å². The highest BCUT2D eigenvalue weighted by atomic mass is 16.5. The first-order chi connectivity index (χ1) is 11.0. The molecule has 1 aliphatic rings. The minimum absolute atomic E-state index is 0.192. The largest absolute Gasteiger partial charge is 0.496 e. The van der Waals surface area contributed by atoms with Crippen LogP contribution in [-0.2, 0) is 10.3 Å². The fourth-order valence-electron chi connectivity index (χ4n) is 2.93. The standard InChI is InChI=1S/C18H19BN2O2/c1-11-4-5-14(9-15(11)19)18(10-23-17(20)21-18)13-6-7-16(22-3)12(2)8-13/h4-9H,10H2,1-3H3,(H2,20,21). The lowest BCUT2D eigenvalue weighted by Gasteiger charge is -2.26. The van der Waals surface area contributed by atoms with Gasteiger partial charge in [-0.25, -0.2) is 4.99 Å². The third-order valence-electron chi connectivity index (χ3n) is 4.36. The van der Waals surface area contributed by atoms with Crippen LogP contribution in [0.2, 0.25) is 0 Å². The number of nitrogens with two attached hydrogens (primary N) is 1. The van der Waals surface area contributed by atoms with Crippen LogP contribution in [0.3, 0.4) is 0 Å². The smallest absolute Gasteiger partial charge is 0.283 e. The van der Waals surface area contributed by atoms with Gasteiger partial charge in [0.25, 0.3) is 6.02 Å². The Balaban J connectivity index is 2.18. The number of aliphatic imine (C=N–C) groups is 1. The van der Waals surface area contributed by atoms with Crippen molar-refractivity contribution in [1.82, 2.24) is 0 Å². The number of hydrogen-bond donors (Lipinski definition) is 1. The molecule has 0 fully saturated rings. The molecular formula is C18H19BN2O2. The topological polar surface area (TPSA) is 56.8 Å². The third kappa shape index (κ3) is 2.56. The number of benzene rings is 2. The summed E-state index contributed by atoms with van der Waals surface area (Å²) < 4.78 is 10.8. The number of ether oxygens (including phenoxy) is 2. The van der Waals surface area contributed by atoms with Crippen molar-refractivity contribution in [1.29, 1.82) is 0 Å². The summed E-state index contributed by atoms with van der Waals surface area (Å²) in [6.45, 7) is 4.33. The van der Waals surface area contributed by atoms with E-state index in [-0.39, 0.29) is 6.02 Å². The van der Waals surface area contributed by atoms with Gasteiger partial charge >= 0.3 is 0 Å². The molecule has 23 heavy (non-hydrogen) atoms. The molecule has 0 aliphatic carbocycles. The van der Waals surface area contributed by atoms with Crippen LogP contribution >= 0.6 is 0 Å². The number of aryl methyl sites for hydroxylation is 2. The average molecular weight is 306 g/mol. The van der Waals surface area contributed by atoms with Gasteiger partial charge in [0.2, 0.25) is 0 Å². The van der Waals surface area contributed by atoms with Gasteiger partial charge in [-0.2, -0.15) is 0 Å². The maximum Gasteiger partial charge on any atom is 0.283 e. The summed E-state index contributed by atoms with van der Waals surface area (Å²) >= 11 is 0. The van der Waals surface area contributed by atoms with Gasteiger partial charge in [-0.3, -0.25) is 0 Å². The fourth-order valence-corrected chi connectivity index (χ4v) is 2.93. The van der Waals surface area contributed by atoms with Gasteiger partial charge in [0, 0.05) is 0 Å². The van der Waals surface area contributed by atoms with E-state index in [9.17, 15) is 0 Å². The van der Waals surface area contributed by atoms with Gasteiger partial charge in [-0.1, -0.05) is 35.3 Å². The minimum Gasteiger partial charge on any atom is -0.496 e. The molecule has 0 bridgehead atoms. The molecule has 2 N–H and O–H groups in total. The second-order valence-electron chi connectivity index (χ2n) is 5.85. The molecule has 0 amide bonds. The predicted octanol–water partition coefficient (Wildman–Crippen LogP) is 1.69. The highest BCUT2D eigenvalue weighted by Gasteiger charge is 2.40. The summed E-state index contributed by atoms with van der Waals surface area (Å²) in [4.78, 5) is 4.60. The zero-order chi connectivity index (χ0) is 16.6. The van der Waals surface area contributed by atoms with Gasteiger partial charge in [0.1, 0.15) is 25.7 Å². The summed E-state index contributed by atoms with van der Waals surface area (Å²) in [5.74, 6) is 0.836. The molecule has 2 radical (unpaired) electrons. The maximum atomic E-state index is 6.09. The quantitative estimate of drug-likeness (QED) is 0.878. The van der Waals surface area contributed by atoms with Crippen molar-refractivity contribution in [2.24, 2.45) is 10.7 Å². The lowest BCUT2D eigenvalue weighted by atomic mass is 9.79. The van der Waals surface area contributed by atoms with E-state index >= 15 is 0 Å². The van der Waals surface area contributed by atoms with E-state index in [0.29, 0.717) is 6.61 Å². The summed E-state index contributed by atoms with van der Waals surface area (Å²) in [6, 6.07) is 12.1. The maximum absolute atomic E-state index is 6.09. The molecule has 116 valence electrons. The number of nitrogens with zero attached hydrogens (tertiary/aromatic N) is 1.